The standard InChI is InChI=1S/C12H8ClF3N2S/c1-6-2-3-7(4-8(6)13)9-5-10(19)18-11(17-9)12(14,15)16/h2-5H,1H3,(H,17,18,19). The first kappa shape index (κ1) is 14.0. The molecule has 0 saturated heterocycles. The van der Waals surface area contributed by atoms with Gasteiger partial charge < -0.3 is 4.98 Å². The lowest BCUT2D eigenvalue weighted by Gasteiger charge is -2.09. The number of halogens is 4. The summed E-state index contributed by atoms with van der Waals surface area (Å²) in [6.07, 6.45) is -4.57. The molecular weight excluding hydrogens is 297 g/mol. The molecule has 100 valence electrons. The lowest BCUT2D eigenvalue weighted by molar-refractivity contribution is -0.144. The molecular formula is C12H8ClF3N2S. The van der Waals surface area contributed by atoms with Crippen molar-refractivity contribution in [3.8, 4) is 11.3 Å². The van der Waals surface area contributed by atoms with E-state index >= 15 is 0 Å². The number of nitrogens with zero attached hydrogens (tertiary/aromatic N) is 1. The average Bonchev–Trinajstić information content (AvgIpc) is 2.31. The second-order valence-electron chi connectivity index (χ2n) is 3.94. The topological polar surface area (TPSA) is 28.7 Å². The highest BCUT2D eigenvalue weighted by Crippen LogP contribution is 2.29. The van der Waals surface area contributed by atoms with Gasteiger partial charge in [-0.2, -0.15) is 13.2 Å². The summed E-state index contributed by atoms with van der Waals surface area (Å²) in [5.74, 6) is -1.12. The van der Waals surface area contributed by atoms with E-state index in [2.05, 4.69) is 9.97 Å². The number of nitrogens with one attached hydrogen (secondary N) is 1. The van der Waals surface area contributed by atoms with Crippen LogP contribution in [-0.2, 0) is 6.18 Å². The molecule has 2 aromatic rings. The summed E-state index contributed by atoms with van der Waals surface area (Å²) in [4.78, 5) is 5.50. The molecule has 0 aliphatic carbocycles. The molecule has 0 saturated carbocycles. The molecule has 1 aromatic heterocycles. The van der Waals surface area contributed by atoms with Crippen molar-refractivity contribution < 1.29 is 13.2 Å². The predicted molar refractivity (Wildman–Crippen MR) is 69.6 cm³/mol. The molecule has 1 heterocycles. The van der Waals surface area contributed by atoms with Crippen LogP contribution >= 0.6 is 23.8 Å². The quantitative estimate of drug-likeness (QED) is 0.768. The minimum Gasteiger partial charge on any atom is -0.336 e. The van der Waals surface area contributed by atoms with Gasteiger partial charge in [0.05, 0.1) is 0 Å². The normalized spacial score (nSPS) is 11.6. The third-order valence-corrected chi connectivity index (χ3v) is 3.11. The average molecular weight is 305 g/mol. The first-order valence-corrected chi connectivity index (χ1v) is 6.01. The molecule has 0 fully saturated rings. The molecule has 0 amide bonds. The van der Waals surface area contributed by atoms with Crippen molar-refractivity contribution in [3.05, 3.63) is 45.3 Å². The van der Waals surface area contributed by atoms with Crippen LogP contribution in [0.15, 0.2) is 24.3 Å². The van der Waals surface area contributed by atoms with Crippen molar-refractivity contribution in [2.45, 2.75) is 13.1 Å². The fourth-order valence-electron chi connectivity index (χ4n) is 1.51. The Balaban J connectivity index is 2.59. The monoisotopic (exact) mass is 304 g/mol. The Kier molecular flexibility index (Phi) is 3.64. The van der Waals surface area contributed by atoms with E-state index in [1.54, 1.807) is 18.2 Å². The smallest absolute Gasteiger partial charge is 0.336 e. The van der Waals surface area contributed by atoms with Gasteiger partial charge in [0.2, 0.25) is 5.82 Å². The Labute approximate surface area is 117 Å². The van der Waals surface area contributed by atoms with Gasteiger partial charge in [-0.1, -0.05) is 36.0 Å². The maximum absolute atomic E-state index is 12.6. The van der Waals surface area contributed by atoms with Gasteiger partial charge in [0, 0.05) is 10.7 Å². The maximum atomic E-state index is 12.6. The Morgan fingerprint density at radius 1 is 1.26 bits per heavy atom. The number of alkyl halides is 3. The molecule has 1 N–H and O–H groups in total. The van der Waals surface area contributed by atoms with Crippen molar-refractivity contribution in [2.75, 3.05) is 0 Å². The molecule has 2 nitrogen and oxygen atoms in total. The molecule has 0 radical (unpaired) electrons. The fourth-order valence-corrected chi connectivity index (χ4v) is 1.90. The van der Waals surface area contributed by atoms with Crippen LogP contribution < -0.4 is 0 Å². The number of rotatable bonds is 1. The molecule has 0 spiro atoms. The molecule has 0 atom stereocenters. The maximum Gasteiger partial charge on any atom is 0.449 e. The van der Waals surface area contributed by atoms with Crippen molar-refractivity contribution >= 4 is 23.8 Å². The van der Waals surface area contributed by atoms with Gasteiger partial charge in [-0.05, 0) is 30.2 Å². The number of benzene rings is 1. The molecule has 2 rings (SSSR count). The number of aromatic nitrogens is 2. The van der Waals surface area contributed by atoms with E-state index in [0.29, 0.717) is 10.6 Å². The third-order valence-electron chi connectivity index (χ3n) is 2.49. The summed E-state index contributed by atoms with van der Waals surface area (Å²) in [6, 6.07) is 6.34. The van der Waals surface area contributed by atoms with Gasteiger partial charge in [0.25, 0.3) is 0 Å². The van der Waals surface area contributed by atoms with Crippen LogP contribution in [0.3, 0.4) is 0 Å². The third kappa shape index (κ3) is 3.13. The summed E-state index contributed by atoms with van der Waals surface area (Å²) < 4.78 is 37.8. The zero-order valence-corrected chi connectivity index (χ0v) is 11.2. The molecule has 19 heavy (non-hydrogen) atoms. The van der Waals surface area contributed by atoms with E-state index in [4.69, 9.17) is 23.8 Å². The summed E-state index contributed by atoms with van der Waals surface area (Å²) >= 11 is 10.7. The first-order valence-electron chi connectivity index (χ1n) is 5.22. The van der Waals surface area contributed by atoms with E-state index in [9.17, 15) is 13.2 Å². The number of H-pyrrole nitrogens is 1. The highest BCUT2D eigenvalue weighted by atomic mass is 35.5. The number of hydrogen-bond acceptors (Lipinski definition) is 2. The lowest BCUT2D eigenvalue weighted by atomic mass is 10.1. The zero-order chi connectivity index (χ0) is 14.2. The predicted octanol–water partition coefficient (Wildman–Crippen LogP) is 4.79. The van der Waals surface area contributed by atoms with Crippen molar-refractivity contribution in [3.63, 3.8) is 0 Å². The van der Waals surface area contributed by atoms with Crippen LogP contribution in [0.25, 0.3) is 11.3 Å². The molecule has 1 aromatic carbocycles. The van der Waals surface area contributed by atoms with Gasteiger partial charge in [0.15, 0.2) is 0 Å². The van der Waals surface area contributed by atoms with Crippen LogP contribution in [-0.4, -0.2) is 9.97 Å². The van der Waals surface area contributed by atoms with Crippen LogP contribution in [0.4, 0.5) is 13.2 Å². The second kappa shape index (κ2) is 4.94. The lowest BCUT2D eigenvalue weighted by Crippen LogP contribution is -2.11. The van der Waals surface area contributed by atoms with Crippen LogP contribution in [0.1, 0.15) is 11.4 Å². The van der Waals surface area contributed by atoms with Gasteiger partial charge in [-0.15, -0.1) is 0 Å². The Bertz CT molecular complexity index is 679. The number of aryl methyl sites for hydroxylation is 1. The van der Waals surface area contributed by atoms with Gasteiger partial charge in [0.1, 0.15) is 4.64 Å². The minimum atomic E-state index is -4.57. The Hall–Kier alpha value is -1.40. The van der Waals surface area contributed by atoms with E-state index in [-0.39, 0.29) is 10.3 Å². The summed E-state index contributed by atoms with van der Waals surface area (Å²) in [6.45, 7) is 1.81. The van der Waals surface area contributed by atoms with E-state index < -0.39 is 12.0 Å². The first-order chi connectivity index (χ1) is 8.77. The number of aromatic amines is 1. The molecule has 7 heteroatoms. The van der Waals surface area contributed by atoms with E-state index in [1.807, 2.05) is 6.92 Å². The van der Waals surface area contributed by atoms with E-state index in [1.165, 1.54) is 6.07 Å². The summed E-state index contributed by atoms with van der Waals surface area (Å²) in [7, 11) is 0. The molecule has 0 bridgehead atoms. The largest absolute Gasteiger partial charge is 0.449 e. The summed E-state index contributed by atoms with van der Waals surface area (Å²) in [5, 5.41) is 0.474. The van der Waals surface area contributed by atoms with Crippen molar-refractivity contribution in [2.24, 2.45) is 0 Å². The van der Waals surface area contributed by atoms with Gasteiger partial charge in [-0.25, -0.2) is 4.98 Å². The zero-order valence-electron chi connectivity index (χ0n) is 9.68. The van der Waals surface area contributed by atoms with Crippen molar-refractivity contribution in [1.82, 2.24) is 9.97 Å². The van der Waals surface area contributed by atoms with Crippen LogP contribution in [0.5, 0.6) is 0 Å². The van der Waals surface area contributed by atoms with Gasteiger partial charge >= 0.3 is 6.18 Å². The molecule has 0 aliphatic heterocycles. The minimum absolute atomic E-state index is 0.127. The Morgan fingerprint density at radius 3 is 2.53 bits per heavy atom. The molecule has 0 unspecified atom stereocenters. The van der Waals surface area contributed by atoms with E-state index in [0.717, 1.165) is 5.56 Å². The van der Waals surface area contributed by atoms with Crippen LogP contribution in [0.2, 0.25) is 5.02 Å². The fraction of sp³-hybridized carbons (Fsp3) is 0.167. The van der Waals surface area contributed by atoms with Crippen molar-refractivity contribution in [1.29, 1.82) is 0 Å². The highest BCUT2D eigenvalue weighted by Gasteiger charge is 2.34. The second-order valence-corrected chi connectivity index (χ2v) is 4.77. The van der Waals surface area contributed by atoms with Crippen LogP contribution in [0, 0.1) is 11.6 Å². The number of hydrogen-bond donors (Lipinski definition) is 1. The molecule has 0 aliphatic rings. The summed E-state index contributed by atoms with van der Waals surface area (Å²) in [5.41, 5.74) is 1.60. The Morgan fingerprint density at radius 2 is 1.95 bits per heavy atom. The SMILES string of the molecule is Cc1ccc(-c2cc(=S)nc(C(F)(F)F)[nH]2)cc1Cl. The highest BCUT2D eigenvalue weighted by molar-refractivity contribution is 7.71. The van der Waals surface area contributed by atoms with Gasteiger partial charge in [-0.3, -0.25) is 0 Å².